The molecule has 21 heavy (non-hydrogen) atoms. The highest BCUT2D eigenvalue weighted by Gasteiger charge is 2.43. The first kappa shape index (κ1) is 16.1. The Bertz CT molecular complexity index is 576. The Kier molecular flexibility index (Phi) is 4.79. The van der Waals surface area contributed by atoms with Crippen molar-refractivity contribution in [3.8, 4) is 0 Å². The maximum atomic E-state index is 12.4. The molecule has 2 rings (SSSR count). The highest BCUT2D eigenvalue weighted by molar-refractivity contribution is 6.42. The van der Waals surface area contributed by atoms with Crippen molar-refractivity contribution in [3.63, 3.8) is 0 Å². The van der Waals surface area contributed by atoms with E-state index in [1.54, 1.807) is 24.1 Å². The van der Waals surface area contributed by atoms with Crippen molar-refractivity contribution in [2.45, 2.75) is 25.8 Å². The number of hydrogen-bond donors (Lipinski definition) is 1. The molecule has 0 heterocycles. The Morgan fingerprint density at radius 2 is 1.86 bits per heavy atom. The Morgan fingerprint density at radius 1 is 1.24 bits per heavy atom. The zero-order valence-corrected chi connectivity index (χ0v) is 13.4. The van der Waals surface area contributed by atoms with Crippen molar-refractivity contribution in [2.75, 3.05) is 7.05 Å². The highest BCUT2D eigenvalue weighted by atomic mass is 35.5. The largest absolute Gasteiger partial charge is 0.481 e. The quantitative estimate of drug-likeness (QED) is 0.917. The third-order valence-electron chi connectivity index (χ3n) is 4.26. The third-order valence-corrected chi connectivity index (χ3v) is 5.00. The Hall–Kier alpha value is -1.26. The van der Waals surface area contributed by atoms with Gasteiger partial charge in [-0.3, -0.25) is 9.59 Å². The van der Waals surface area contributed by atoms with Gasteiger partial charge in [0, 0.05) is 7.05 Å². The molecule has 3 atom stereocenters. The first-order chi connectivity index (χ1) is 9.82. The van der Waals surface area contributed by atoms with Crippen molar-refractivity contribution in [1.29, 1.82) is 0 Å². The summed E-state index contributed by atoms with van der Waals surface area (Å²) < 4.78 is 0. The van der Waals surface area contributed by atoms with Gasteiger partial charge in [0.25, 0.3) is 0 Å². The fourth-order valence-corrected chi connectivity index (χ4v) is 2.85. The van der Waals surface area contributed by atoms with Gasteiger partial charge in [0.05, 0.1) is 27.9 Å². The predicted molar refractivity (Wildman–Crippen MR) is 81.5 cm³/mol. The summed E-state index contributed by atoms with van der Waals surface area (Å²) in [6.45, 7) is 1.88. The minimum absolute atomic E-state index is 0.132. The molecule has 1 aromatic carbocycles. The minimum atomic E-state index is -0.893. The van der Waals surface area contributed by atoms with Crippen LogP contribution < -0.4 is 0 Å². The lowest BCUT2D eigenvalue weighted by Crippen LogP contribution is -2.45. The van der Waals surface area contributed by atoms with Crippen molar-refractivity contribution in [3.05, 3.63) is 33.8 Å². The fourth-order valence-electron chi connectivity index (χ4n) is 2.54. The van der Waals surface area contributed by atoms with Gasteiger partial charge in [-0.2, -0.15) is 0 Å². The van der Waals surface area contributed by atoms with E-state index in [0.717, 1.165) is 5.56 Å². The van der Waals surface area contributed by atoms with Gasteiger partial charge in [0.1, 0.15) is 0 Å². The van der Waals surface area contributed by atoms with Gasteiger partial charge in [-0.25, -0.2) is 0 Å². The smallest absolute Gasteiger partial charge is 0.307 e. The number of aliphatic carboxylic acids is 1. The number of carbonyl (C=O) groups excluding carboxylic acids is 1. The minimum Gasteiger partial charge on any atom is -0.481 e. The number of halogens is 2. The lowest BCUT2D eigenvalue weighted by molar-refractivity contribution is -0.156. The van der Waals surface area contributed by atoms with Crippen LogP contribution in [0.2, 0.25) is 10.0 Å². The first-order valence-corrected chi connectivity index (χ1v) is 7.53. The molecule has 1 saturated carbocycles. The maximum absolute atomic E-state index is 12.4. The van der Waals surface area contributed by atoms with Crippen LogP contribution in [-0.2, 0) is 9.59 Å². The molecule has 1 aliphatic rings. The lowest BCUT2D eigenvalue weighted by Gasteiger charge is -2.37. The first-order valence-electron chi connectivity index (χ1n) is 6.77. The normalized spacial score (nSPS) is 22.3. The maximum Gasteiger partial charge on any atom is 0.307 e. The molecule has 6 heteroatoms. The van der Waals surface area contributed by atoms with Gasteiger partial charge < -0.3 is 10.0 Å². The fraction of sp³-hybridized carbons (Fsp3) is 0.467. The van der Waals surface area contributed by atoms with Crippen LogP contribution in [0, 0.1) is 11.8 Å². The van der Waals surface area contributed by atoms with Gasteiger partial charge in [-0.05, 0) is 37.5 Å². The van der Waals surface area contributed by atoms with Crippen molar-refractivity contribution >= 4 is 35.1 Å². The van der Waals surface area contributed by atoms with Crippen LogP contribution in [0.3, 0.4) is 0 Å². The van der Waals surface area contributed by atoms with Crippen LogP contribution in [0.15, 0.2) is 18.2 Å². The molecule has 0 saturated heterocycles. The molecule has 1 aliphatic carbocycles. The highest BCUT2D eigenvalue weighted by Crippen LogP contribution is 2.37. The number of nitrogens with zero attached hydrogens (tertiary/aromatic N) is 1. The molecule has 3 unspecified atom stereocenters. The average Bonchev–Trinajstić information content (AvgIpc) is 2.38. The standard InChI is InChI=1S/C15H17Cl2NO3/c1-8(9-3-6-12(16)13(17)7-9)18(2)14(19)10-4-5-11(10)15(20)21/h3,6-8,10-11H,4-5H2,1-2H3,(H,20,21). The summed E-state index contributed by atoms with van der Waals surface area (Å²) in [4.78, 5) is 25.0. The van der Waals surface area contributed by atoms with Gasteiger partial charge in [0.15, 0.2) is 0 Å². The van der Waals surface area contributed by atoms with Crippen LogP contribution in [-0.4, -0.2) is 28.9 Å². The molecule has 1 amide bonds. The van der Waals surface area contributed by atoms with Gasteiger partial charge in [0.2, 0.25) is 5.91 Å². The zero-order valence-electron chi connectivity index (χ0n) is 11.8. The summed E-state index contributed by atoms with van der Waals surface area (Å²) in [5.41, 5.74) is 0.867. The molecule has 1 N–H and O–H groups in total. The van der Waals surface area contributed by atoms with E-state index in [1.165, 1.54) is 0 Å². The molecule has 0 bridgehead atoms. The lowest BCUT2D eigenvalue weighted by atomic mass is 9.72. The molecule has 1 fully saturated rings. The molecule has 0 aromatic heterocycles. The Morgan fingerprint density at radius 3 is 2.33 bits per heavy atom. The van der Waals surface area contributed by atoms with Crippen molar-refractivity contribution in [2.24, 2.45) is 11.8 Å². The van der Waals surface area contributed by atoms with E-state index >= 15 is 0 Å². The summed E-state index contributed by atoms with van der Waals surface area (Å²) in [7, 11) is 1.69. The van der Waals surface area contributed by atoms with E-state index in [0.29, 0.717) is 22.9 Å². The molecule has 0 radical (unpaired) electrons. The third kappa shape index (κ3) is 3.16. The number of carbonyl (C=O) groups is 2. The van der Waals surface area contributed by atoms with Crippen LogP contribution in [0.25, 0.3) is 0 Å². The number of hydrogen-bond acceptors (Lipinski definition) is 2. The van der Waals surface area contributed by atoms with E-state index in [1.807, 2.05) is 13.0 Å². The van der Waals surface area contributed by atoms with Crippen LogP contribution >= 0.6 is 23.2 Å². The van der Waals surface area contributed by atoms with Crippen molar-refractivity contribution < 1.29 is 14.7 Å². The monoisotopic (exact) mass is 329 g/mol. The predicted octanol–water partition coefficient (Wildman–Crippen LogP) is 3.62. The van der Waals surface area contributed by atoms with Crippen LogP contribution in [0.1, 0.15) is 31.4 Å². The SMILES string of the molecule is CC(c1ccc(Cl)c(Cl)c1)N(C)C(=O)C1CCC1C(=O)O. The molecular formula is C15H17Cl2NO3. The molecular weight excluding hydrogens is 313 g/mol. The van der Waals surface area contributed by atoms with E-state index in [2.05, 4.69) is 0 Å². The number of rotatable bonds is 4. The summed E-state index contributed by atoms with van der Waals surface area (Å²) in [6, 6.07) is 5.05. The van der Waals surface area contributed by atoms with Gasteiger partial charge in [-0.15, -0.1) is 0 Å². The summed E-state index contributed by atoms with van der Waals surface area (Å²) in [6.07, 6.45) is 1.20. The second kappa shape index (κ2) is 6.24. The number of carboxylic acids is 1. The summed E-state index contributed by atoms with van der Waals surface area (Å²) >= 11 is 11.9. The number of amides is 1. The Balaban J connectivity index is 2.11. The molecule has 1 aromatic rings. The molecule has 0 spiro atoms. The average molecular weight is 330 g/mol. The van der Waals surface area contributed by atoms with E-state index in [9.17, 15) is 9.59 Å². The van der Waals surface area contributed by atoms with Crippen LogP contribution in [0.5, 0.6) is 0 Å². The topological polar surface area (TPSA) is 57.6 Å². The number of carboxylic acid groups (broad SMARTS) is 1. The van der Waals surface area contributed by atoms with E-state index < -0.39 is 17.8 Å². The van der Waals surface area contributed by atoms with Crippen molar-refractivity contribution in [1.82, 2.24) is 4.90 Å². The molecule has 4 nitrogen and oxygen atoms in total. The number of benzene rings is 1. The second-order valence-electron chi connectivity index (χ2n) is 5.43. The van der Waals surface area contributed by atoms with Crippen LogP contribution in [0.4, 0.5) is 0 Å². The zero-order chi connectivity index (χ0) is 15.7. The van der Waals surface area contributed by atoms with E-state index in [-0.39, 0.29) is 11.9 Å². The summed E-state index contributed by atoms with van der Waals surface area (Å²) in [5.74, 6) is -2.00. The summed E-state index contributed by atoms with van der Waals surface area (Å²) in [5, 5.41) is 9.96. The Labute approximate surface area is 133 Å². The second-order valence-corrected chi connectivity index (χ2v) is 6.24. The van der Waals surface area contributed by atoms with E-state index in [4.69, 9.17) is 28.3 Å². The molecule has 0 aliphatic heterocycles. The van der Waals surface area contributed by atoms with Gasteiger partial charge in [-0.1, -0.05) is 29.3 Å². The van der Waals surface area contributed by atoms with Gasteiger partial charge >= 0.3 is 5.97 Å². The molecule has 114 valence electrons.